The van der Waals surface area contributed by atoms with Crippen LogP contribution in [-0.2, 0) is 13.1 Å². The fourth-order valence-corrected chi connectivity index (χ4v) is 3.67. The molecule has 0 spiro atoms. The molecular weight excluding hydrogens is 286 g/mol. The van der Waals surface area contributed by atoms with Gasteiger partial charge in [-0.1, -0.05) is 24.3 Å². The van der Waals surface area contributed by atoms with Crippen molar-refractivity contribution < 1.29 is 5.11 Å². The molecule has 23 heavy (non-hydrogen) atoms. The summed E-state index contributed by atoms with van der Waals surface area (Å²) in [6.07, 6.45) is 4.24. The van der Waals surface area contributed by atoms with Crippen molar-refractivity contribution >= 4 is 0 Å². The highest BCUT2D eigenvalue weighted by Gasteiger charge is 2.19. The van der Waals surface area contributed by atoms with Crippen molar-refractivity contribution in [2.45, 2.75) is 50.9 Å². The molecule has 1 aromatic carbocycles. The maximum absolute atomic E-state index is 9.65. The Morgan fingerprint density at radius 2 is 1.65 bits per heavy atom. The van der Waals surface area contributed by atoms with Gasteiger partial charge < -0.3 is 15.3 Å². The van der Waals surface area contributed by atoms with Crippen molar-refractivity contribution in [2.75, 3.05) is 33.2 Å². The molecule has 0 saturated carbocycles. The molecular formula is C19H31N3O. The normalized spacial score (nSPS) is 22.5. The topological polar surface area (TPSA) is 38.7 Å². The van der Waals surface area contributed by atoms with E-state index >= 15 is 0 Å². The molecule has 1 aromatic rings. The smallest absolute Gasteiger partial charge is 0.0564 e. The Labute approximate surface area is 140 Å². The summed E-state index contributed by atoms with van der Waals surface area (Å²) < 4.78 is 0. The Bertz CT molecular complexity index is 477. The summed E-state index contributed by atoms with van der Waals surface area (Å²) in [5.74, 6) is 0. The maximum atomic E-state index is 9.65. The fourth-order valence-electron chi connectivity index (χ4n) is 3.67. The van der Waals surface area contributed by atoms with Crippen LogP contribution in [0.15, 0.2) is 24.3 Å². The van der Waals surface area contributed by atoms with Crippen molar-refractivity contribution in [1.29, 1.82) is 0 Å². The lowest BCUT2D eigenvalue weighted by Crippen LogP contribution is -2.40. The van der Waals surface area contributed by atoms with Crippen LogP contribution in [0, 0.1) is 0 Å². The molecule has 0 bridgehead atoms. The van der Waals surface area contributed by atoms with E-state index in [1.807, 2.05) is 0 Å². The molecule has 4 heteroatoms. The first-order chi connectivity index (χ1) is 11.2. The molecule has 3 rings (SSSR count). The fraction of sp³-hybridized carbons (Fsp3) is 0.684. The number of hydrogen-bond acceptors (Lipinski definition) is 4. The Balaban J connectivity index is 1.53. The minimum absolute atomic E-state index is 0.0902. The minimum Gasteiger partial charge on any atom is -0.393 e. The van der Waals surface area contributed by atoms with Crippen LogP contribution in [0.2, 0.25) is 0 Å². The number of benzene rings is 1. The largest absolute Gasteiger partial charge is 0.393 e. The van der Waals surface area contributed by atoms with Crippen molar-refractivity contribution in [1.82, 2.24) is 15.1 Å². The molecule has 2 aliphatic heterocycles. The van der Waals surface area contributed by atoms with Crippen molar-refractivity contribution in [3.8, 4) is 0 Å². The van der Waals surface area contributed by atoms with Gasteiger partial charge >= 0.3 is 0 Å². The van der Waals surface area contributed by atoms with Crippen LogP contribution < -0.4 is 5.32 Å². The predicted octanol–water partition coefficient (Wildman–Crippen LogP) is 1.83. The molecule has 2 saturated heterocycles. The Morgan fingerprint density at radius 3 is 2.35 bits per heavy atom. The lowest BCUT2D eigenvalue weighted by molar-refractivity contribution is 0.0791. The first-order valence-corrected chi connectivity index (χ1v) is 9.10. The van der Waals surface area contributed by atoms with E-state index < -0.39 is 0 Å². The summed E-state index contributed by atoms with van der Waals surface area (Å²) in [5.41, 5.74) is 2.86. The number of aliphatic hydroxyl groups is 1. The van der Waals surface area contributed by atoms with E-state index in [1.165, 1.54) is 37.1 Å². The number of hydrogen-bond donors (Lipinski definition) is 2. The van der Waals surface area contributed by atoms with Gasteiger partial charge in [-0.2, -0.15) is 0 Å². The number of rotatable bonds is 5. The average molecular weight is 317 g/mol. The predicted molar refractivity (Wildman–Crippen MR) is 94.3 cm³/mol. The Hall–Kier alpha value is -0.940. The van der Waals surface area contributed by atoms with Crippen LogP contribution in [0.5, 0.6) is 0 Å². The second kappa shape index (κ2) is 8.25. The Morgan fingerprint density at radius 1 is 1.00 bits per heavy atom. The number of piperidine rings is 2. The molecule has 2 fully saturated rings. The third kappa shape index (κ3) is 5.01. The second-order valence-corrected chi connectivity index (χ2v) is 7.23. The van der Waals surface area contributed by atoms with Crippen molar-refractivity contribution in [2.24, 2.45) is 0 Å². The lowest BCUT2D eigenvalue weighted by Gasteiger charge is -2.31. The monoisotopic (exact) mass is 317 g/mol. The first kappa shape index (κ1) is 16.9. The van der Waals surface area contributed by atoms with Gasteiger partial charge in [0.25, 0.3) is 0 Å². The van der Waals surface area contributed by atoms with E-state index in [1.54, 1.807) is 0 Å². The molecule has 2 aliphatic rings. The van der Waals surface area contributed by atoms with Crippen molar-refractivity contribution in [3.63, 3.8) is 0 Å². The number of nitrogens with zero attached hydrogens (tertiary/aromatic N) is 2. The summed E-state index contributed by atoms with van der Waals surface area (Å²) in [6, 6.07) is 9.47. The molecule has 0 radical (unpaired) electrons. The molecule has 0 amide bonds. The van der Waals surface area contributed by atoms with Crippen LogP contribution in [0.3, 0.4) is 0 Å². The zero-order valence-corrected chi connectivity index (χ0v) is 14.4. The molecule has 0 unspecified atom stereocenters. The molecule has 0 atom stereocenters. The third-order valence-electron chi connectivity index (χ3n) is 5.37. The van der Waals surface area contributed by atoms with Gasteiger partial charge in [0, 0.05) is 32.2 Å². The van der Waals surface area contributed by atoms with Gasteiger partial charge in [-0.05, 0) is 56.9 Å². The van der Waals surface area contributed by atoms with E-state index in [0.29, 0.717) is 6.04 Å². The van der Waals surface area contributed by atoms with Crippen LogP contribution in [0.1, 0.15) is 36.8 Å². The van der Waals surface area contributed by atoms with E-state index in [2.05, 4.69) is 46.4 Å². The van der Waals surface area contributed by atoms with E-state index in [0.717, 1.165) is 39.0 Å². The zero-order chi connectivity index (χ0) is 16.1. The summed E-state index contributed by atoms with van der Waals surface area (Å²) in [5, 5.41) is 13.4. The average Bonchev–Trinajstić information content (AvgIpc) is 2.58. The van der Waals surface area contributed by atoms with Crippen LogP contribution in [0.4, 0.5) is 0 Å². The van der Waals surface area contributed by atoms with Crippen LogP contribution in [0.25, 0.3) is 0 Å². The lowest BCUT2D eigenvalue weighted by atomic mass is 10.0. The molecule has 0 aromatic heterocycles. The van der Waals surface area contributed by atoms with E-state index in [4.69, 9.17) is 0 Å². The first-order valence-electron chi connectivity index (χ1n) is 9.10. The highest BCUT2D eigenvalue weighted by molar-refractivity contribution is 5.27. The van der Waals surface area contributed by atoms with E-state index in [9.17, 15) is 5.11 Å². The maximum Gasteiger partial charge on any atom is 0.0564 e. The molecule has 2 N–H and O–H groups in total. The van der Waals surface area contributed by atoms with Crippen LogP contribution in [-0.4, -0.2) is 60.3 Å². The summed E-state index contributed by atoms with van der Waals surface area (Å²) in [7, 11) is 2.21. The number of nitrogens with one attached hydrogen (secondary N) is 1. The van der Waals surface area contributed by atoms with Gasteiger partial charge in [0.1, 0.15) is 0 Å². The standard InChI is InChI=1S/C19H31N3O/c1-21-10-6-18(7-11-21)20-14-16-4-2-3-5-17(16)15-22-12-8-19(23)9-13-22/h2-5,18-20,23H,6-15H2,1H3. The highest BCUT2D eigenvalue weighted by Crippen LogP contribution is 2.17. The number of aliphatic hydroxyl groups excluding tert-OH is 1. The highest BCUT2D eigenvalue weighted by atomic mass is 16.3. The van der Waals surface area contributed by atoms with Crippen LogP contribution >= 0.6 is 0 Å². The summed E-state index contributed by atoms with van der Waals surface area (Å²) in [4.78, 5) is 4.89. The zero-order valence-electron chi connectivity index (χ0n) is 14.4. The van der Waals surface area contributed by atoms with Gasteiger partial charge in [0.2, 0.25) is 0 Å². The minimum atomic E-state index is -0.0902. The molecule has 128 valence electrons. The van der Waals surface area contributed by atoms with E-state index in [-0.39, 0.29) is 6.10 Å². The molecule has 4 nitrogen and oxygen atoms in total. The summed E-state index contributed by atoms with van der Waals surface area (Å²) >= 11 is 0. The number of likely N-dealkylation sites (tertiary alicyclic amines) is 2. The Kier molecular flexibility index (Phi) is 6.06. The van der Waals surface area contributed by atoms with Gasteiger partial charge in [0.15, 0.2) is 0 Å². The molecule has 2 heterocycles. The van der Waals surface area contributed by atoms with Gasteiger partial charge in [-0.25, -0.2) is 0 Å². The van der Waals surface area contributed by atoms with Gasteiger partial charge in [-0.3, -0.25) is 4.90 Å². The van der Waals surface area contributed by atoms with Gasteiger partial charge in [0.05, 0.1) is 6.10 Å². The quantitative estimate of drug-likeness (QED) is 0.869. The second-order valence-electron chi connectivity index (χ2n) is 7.23. The van der Waals surface area contributed by atoms with Gasteiger partial charge in [-0.15, -0.1) is 0 Å². The molecule has 0 aliphatic carbocycles. The SMILES string of the molecule is CN1CCC(NCc2ccccc2CN2CCC(O)CC2)CC1. The van der Waals surface area contributed by atoms with Crippen molar-refractivity contribution in [3.05, 3.63) is 35.4 Å². The summed E-state index contributed by atoms with van der Waals surface area (Å²) in [6.45, 7) is 6.42. The third-order valence-corrected chi connectivity index (χ3v) is 5.37.